The maximum absolute atomic E-state index is 12.4. The van der Waals surface area contributed by atoms with Gasteiger partial charge in [-0.15, -0.1) is 0 Å². The zero-order valence-electron chi connectivity index (χ0n) is 11.3. The van der Waals surface area contributed by atoms with Gasteiger partial charge in [-0.3, -0.25) is 4.79 Å². The molecule has 0 aromatic heterocycles. The molecule has 19 heavy (non-hydrogen) atoms. The molecule has 0 bridgehead atoms. The van der Waals surface area contributed by atoms with Gasteiger partial charge in [0.15, 0.2) is 0 Å². The molecule has 0 radical (unpaired) electrons. The van der Waals surface area contributed by atoms with Crippen molar-refractivity contribution in [3.8, 4) is 0 Å². The Morgan fingerprint density at radius 3 is 2.58 bits per heavy atom. The number of halogens is 1. The quantitative estimate of drug-likeness (QED) is 0.821. The number of nitrogens with one attached hydrogen (secondary N) is 1. The molecule has 1 fully saturated rings. The summed E-state index contributed by atoms with van der Waals surface area (Å²) in [7, 11) is 0. The van der Waals surface area contributed by atoms with E-state index < -0.39 is 0 Å². The molecule has 1 heterocycles. The maximum atomic E-state index is 12.4. The Balaban J connectivity index is 2.15. The first-order chi connectivity index (χ1) is 8.90. The SMILES string of the molecule is CC1OC(C)C(C(=O)Nc2cc(N)ccc2Br)C1C. The number of carbonyl (C=O) groups excluding carboxylic acids is 1. The van der Waals surface area contributed by atoms with Crippen molar-refractivity contribution in [3.63, 3.8) is 0 Å². The van der Waals surface area contributed by atoms with E-state index in [0.717, 1.165) is 4.47 Å². The molecule has 3 N–H and O–H groups in total. The van der Waals surface area contributed by atoms with Crippen LogP contribution in [0, 0.1) is 11.8 Å². The van der Waals surface area contributed by atoms with E-state index >= 15 is 0 Å². The lowest BCUT2D eigenvalue weighted by atomic mass is 9.89. The van der Waals surface area contributed by atoms with Crippen LogP contribution in [0.4, 0.5) is 11.4 Å². The van der Waals surface area contributed by atoms with Crippen LogP contribution in [0.1, 0.15) is 20.8 Å². The molecule has 5 heteroatoms. The normalized spacial score (nSPS) is 30.3. The van der Waals surface area contributed by atoms with Crippen LogP contribution in [0.3, 0.4) is 0 Å². The van der Waals surface area contributed by atoms with Gasteiger partial charge >= 0.3 is 0 Å². The molecule has 1 aromatic carbocycles. The third-order valence-electron chi connectivity index (χ3n) is 3.79. The van der Waals surface area contributed by atoms with Crippen molar-refractivity contribution in [1.82, 2.24) is 0 Å². The average Bonchev–Trinajstić information content (AvgIpc) is 2.58. The summed E-state index contributed by atoms with van der Waals surface area (Å²) in [6.07, 6.45) is 0.0415. The van der Waals surface area contributed by atoms with E-state index in [1.807, 2.05) is 26.8 Å². The van der Waals surface area contributed by atoms with E-state index in [0.29, 0.717) is 11.4 Å². The highest BCUT2D eigenvalue weighted by Crippen LogP contribution is 2.34. The Morgan fingerprint density at radius 1 is 1.32 bits per heavy atom. The second-order valence-corrected chi connectivity index (χ2v) is 6.01. The van der Waals surface area contributed by atoms with Crippen molar-refractivity contribution in [2.75, 3.05) is 11.1 Å². The first-order valence-corrected chi connectivity index (χ1v) is 7.20. The topological polar surface area (TPSA) is 64.3 Å². The van der Waals surface area contributed by atoms with Gasteiger partial charge < -0.3 is 15.8 Å². The highest BCUT2D eigenvalue weighted by Gasteiger charge is 2.41. The molecule has 0 spiro atoms. The third-order valence-corrected chi connectivity index (χ3v) is 4.48. The van der Waals surface area contributed by atoms with E-state index in [4.69, 9.17) is 10.5 Å². The molecule has 104 valence electrons. The Hall–Kier alpha value is -1.07. The number of rotatable bonds is 2. The zero-order chi connectivity index (χ0) is 14.2. The lowest BCUT2D eigenvalue weighted by molar-refractivity contribution is -0.121. The van der Waals surface area contributed by atoms with Crippen LogP contribution in [0.25, 0.3) is 0 Å². The predicted molar refractivity (Wildman–Crippen MR) is 79.8 cm³/mol. The van der Waals surface area contributed by atoms with Crippen molar-refractivity contribution < 1.29 is 9.53 Å². The standard InChI is InChI=1S/C14H19BrN2O2/c1-7-8(2)19-9(3)13(7)14(18)17-12-6-10(16)4-5-11(12)15/h4-9,13H,16H2,1-3H3,(H,17,18). The van der Waals surface area contributed by atoms with Gasteiger partial charge in [0, 0.05) is 10.2 Å². The molecule has 1 saturated heterocycles. The Labute approximate surface area is 121 Å². The van der Waals surface area contributed by atoms with Crippen LogP contribution < -0.4 is 11.1 Å². The molecular formula is C14H19BrN2O2. The Kier molecular flexibility index (Phi) is 4.16. The number of amides is 1. The summed E-state index contributed by atoms with van der Waals surface area (Å²) in [5.74, 6) is 0.0498. The molecule has 0 aliphatic carbocycles. The maximum Gasteiger partial charge on any atom is 0.230 e. The number of nitrogens with two attached hydrogens (primary N) is 1. The fraction of sp³-hybridized carbons (Fsp3) is 0.500. The van der Waals surface area contributed by atoms with Crippen molar-refractivity contribution in [1.29, 1.82) is 0 Å². The predicted octanol–water partition coefficient (Wildman–Crippen LogP) is 3.03. The van der Waals surface area contributed by atoms with Gasteiger partial charge in [0.2, 0.25) is 5.91 Å². The highest BCUT2D eigenvalue weighted by molar-refractivity contribution is 9.10. The lowest BCUT2D eigenvalue weighted by Gasteiger charge is -2.18. The first kappa shape index (κ1) is 14.3. The van der Waals surface area contributed by atoms with Crippen molar-refractivity contribution in [2.45, 2.75) is 33.0 Å². The molecule has 0 saturated carbocycles. The minimum absolute atomic E-state index is 0.0179. The average molecular weight is 327 g/mol. The zero-order valence-corrected chi connectivity index (χ0v) is 12.9. The summed E-state index contributed by atoms with van der Waals surface area (Å²) < 4.78 is 6.52. The minimum atomic E-state index is -0.136. The number of carbonyl (C=O) groups is 1. The molecule has 4 nitrogen and oxygen atoms in total. The number of hydrogen-bond donors (Lipinski definition) is 2. The summed E-state index contributed by atoms with van der Waals surface area (Å²) in [5.41, 5.74) is 7.06. The van der Waals surface area contributed by atoms with Crippen LogP contribution in [0.5, 0.6) is 0 Å². The fourth-order valence-corrected chi connectivity index (χ4v) is 2.92. The number of benzene rings is 1. The third kappa shape index (κ3) is 2.92. The minimum Gasteiger partial charge on any atom is -0.399 e. The van der Waals surface area contributed by atoms with Gasteiger partial charge in [0.1, 0.15) is 0 Å². The van der Waals surface area contributed by atoms with Gasteiger partial charge in [0.05, 0.1) is 23.8 Å². The Bertz CT molecular complexity index is 492. The van der Waals surface area contributed by atoms with Gasteiger partial charge in [-0.1, -0.05) is 6.92 Å². The lowest BCUT2D eigenvalue weighted by Crippen LogP contribution is -2.32. The number of nitrogen functional groups attached to an aromatic ring is 1. The summed E-state index contributed by atoms with van der Waals surface area (Å²) >= 11 is 3.41. The van der Waals surface area contributed by atoms with Gasteiger partial charge in [-0.2, -0.15) is 0 Å². The highest BCUT2D eigenvalue weighted by atomic mass is 79.9. The number of anilines is 2. The van der Waals surface area contributed by atoms with Crippen LogP contribution >= 0.6 is 15.9 Å². The van der Waals surface area contributed by atoms with Crippen LogP contribution in [-0.4, -0.2) is 18.1 Å². The van der Waals surface area contributed by atoms with Crippen molar-refractivity contribution in [3.05, 3.63) is 22.7 Å². The van der Waals surface area contributed by atoms with E-state index in [-0.39, 0.29) is 30.0 Å². The molecule has 2 rings (SSSR count). The summed E-state index contributed by atoms with van der Waals surface area (Å²) in [6, 6.07) is 5.36. The Morgan fingerprint density at radius 2 is 2.00 bits per heavy atom. The van der Waals surface area contributed by atoms with Gasteiger partial charge in [0.25, 0.3) is 0 Å². The van der Waals surface area contributed by atoms with E-state index in [2.05, 4.69) is 21.2 Å². The largest absolute Gasteiger partial charge is 0.399 e. The van der Waals surface area contributed by atoms with E-state index in [9.17, 15) is 4.79 Å². The van der Waals surface area contributed by atoms with Gasteiger partial charge in [-0.05, 0) is 53.9 Å². The first-order valence-electron chi connectivity index (χ1n) is 6.41. The molecule has 4 atom stereocenters. The number of ether oxygens (including phenoxy) is 1. The van der Waals surface area contributed by atoms with Crippen LogP contribution in [0.2, 0.25) is 0 Å². The molecule has 1 amide bonds. The molecule has 1 aliphatic heterocycles. The smallest absolute Gasteiger partial charge is 0.230 e. The monoisotopic (exact) mass is 326 g/mol. The van der Waals surface area contributed by atoms with Crippen LogP contribution in [-0.2, 0) is 9.53 Å². The van der Waals surface area contributed by atoms with Crippen molar-refractivity contribution in [2.24, 2.45) is 11.8 Å². The van der Waals surface area contributed by atoms with Crippen molar-refractivity contribution >= 4 is 33.2 Å². The number of hydrogen-bond acceptors (Lipinski definition) is 3. The summed E-state index contributed by atoms with van der Waals surface area (Å²) in [4.78, 5) is 12.4. The summed E-state index contributed by atoms with van der Waals surface area (Å²) in [5, 5.41) is 2.93. The molecule has 4 unspecified atom stereocenters. The molecular weight excluding hydrogens is 308 g/mol. The van der Waals surface area contributed by atoms with Crippen LogP contribution in [0.15, 0.2) is 22.7 Å². The van der Waals surface area contributed by atoms with E-state index in [1.165, 1.54) is 0 Å². The molecule has 1 aromatic rings. The van der Waals surface area contributed by atoms with E-state index in [1.54, 1.807) is 12.1 Å². The molecule has 1 aliphatic rings. The second-order valence-electron chi connectivity index (χ2n) is 5.16. The second kappa shape index (κ2) is 5.51. The fourth-order valence-electron chi connectivity index (χ4n) is 2.57. The summed E-state index contributed by atoms with van der Waals surface area (Å²) in [6.45, 7) is 6.00. The van der Waals surface area contributed by atoms with Gasteiger partial charge in [-0.25, -0.2) is 0 Å².